The Bertz CT molecular complexity index is 859. The van der Waals surface area contributed by atoms with E-state index in [1.807, 2.05) is 6.08 Å². The maximum atomic E-state index is 13.3. The number of alkyl halides is 3. The van der Waals surface area contributed by atoms with Gasteiger partial charge in [0.1, 0.15) is 0 Å². The Hall–Kier alpha value is -0.140. The summed E-state index contributed by atoms with van der Waals surface area (Å²) in [6, 6.07) is 0. The Morgan fingerprint density at radius 3 is 2.55 bits per heavy atom. The maximum Gasteiger partial charge on any atom is 0.306 e. The number of fused-ring (bicyclic) bond motifs is 5. The van der Waals surface area contributed by atoms with E-state index in [9.17, 15) is 14.4 Å². The third-order valence-corrected chi connectivity index (χ3v) is 11.5. The summed E-state index contributed by atoms with van der Waals surface area (Å²) in [5.41, 5.74) is -0.874. The van der Waals surface area contributed by atoms with Crippen LogP contribution in [0.4, 0.5) is 0 Å². The Labute approximate surface area is 208 Å². The van der Waals surface area contributed by atoms with Crippen molar-refractivity contribution in [2.45, 2.75) is 88.0 Å². The van der Waals surface area contributed by atoms with Crippen molar-refractivity contribution >= 4 is 63.3 Å². The van der Waals surface area contributed by atoms with Gasteiger partial charge in [0.15, 0.2) is 17.2 Å². The number of allylic oxidation sites excluding steroid dienone is 1. The Morgan fingerprint density at radius 1 is 1.19 bits per heavy atom. The van der Waals surface area contributed by atoms with Gasteiger partial charge in [-0.15, -0.1) is 23.2 Å². The second kappa shape index (κ2) is 7.97. The average Bonchev–Trinajstić information content (AvgIpc) is 3.01. The van der Waals surface area contributed by atoms with E-state index in [4.69, 9.17) is 27.9 Å². The second-order valence-corrected chi connectivity index (χ2v) is 12.2. The summed E-state index contributed by atoms with van der Waals surface area (Å²) in [6.45, 7) is 6.04. The smallest absolute Gasteiger partial charge is 0.306 e. The molecule has 172 valence electrons. The number of Topliss-reactive ketones (excluding diaryl/α,β-unsaturated/α-hetero) is 1. The summed E-state index contributed by atoms with van der Waals surface area (Å²) in [5.74, 6) is 0.0803. The lowest BCUT2D eigenvalue weighted by atomic mass is 9.45. The molecule has 0 unspecified atom stereocenters. The molecular formula is C24H31Cl2IO4. The van der Waals surface area contributed by atoms with E-state index in [1.165, 1.54) is 0 Å². The third-order valence-electron chi connectivity index (χ3n) is 9.27. The van der Waals surface area contributed by atoms with Gasteiger partial charge in [0.05, 0.1) is 14.7 Å². The minimum atomic E-state index is -1.13. The fourth-order valence-corrected chi connectivity index (χ4v) is 9.44. The standard InChI is InChI=1S/C24H31Cl2IO4/c1-4-20(30)31-23(19(29)13-27)10-8-16-17-6-5-14-11-15(28)7-9-21(14,2)24(17,26)18(25)12-22(16,23)3/h11,16-18H,4-10,12-13H2,1-3H3/t16-,17-,18-,21-,22-,23+,24-/m0/s1. The molecule has 7 atom stereocenters. The number of ketones is 2. The van der Waals surface area contributed by atoms with Crippen LogP contribution < -0.4 is 0 Å². The van der Waals surface area contributed by atoms with Crippen LogP contribution in [0.25, 0.3) is 0 Å². The van der Waals surface area contributed by atoms with E-state index in [0.717, 1.165) is 24.8 Å². The molecule has 0 aromatic carbocycles. The van der Waals surface area contributed by atoms with Crippen LogP contribution in [0.15, 0.2) is 11.6 Å². The van der Waals surface area contributed by atoms with Crippen molar-refractivity contribution < 1.29 is 19.1 Å². The van der Waals surface area contributed by atoms with Gasteiger partial charge in [-0.3, -0.25) is 14.4 Å². The van der Waals surface area contributed by atoms with E-state index < -0.39 is 15.9 Å². The quantitative estimate of drug-likeness (QED) is 0.240. The fourth-order valence-electron chi connectivity index (χ4n) is 7.55. The molecule has 0 aromatic heterocycles. The molecule has 0 N–H and O–H groups in total. The number of carbonyl (C=O) groups is 3. The molecule has 0 heterocycles. The van der Waals surface area contributed by atoms with Crippen LogP contribution in [0, 0.1) is 22.7 Å². The van der Waals surface area contributed by atoms with Crippen molar-refractivity contribution in [1.82, 2.24) is 0 Å². The van der Waals surface area contributed by atoms with Crippen LogP contribution in [-0.4, -0.2) is 37.8 Å². The first-order valence-electron chi connectivity index (χ1n) is 11.4. The van der Waals surface area contributed by atoms with Gasteiger partial charge < -0.3 is 4.74 Å². The SMILES string of the molecule is CCC(=O)O[C@@]1(C(=O)CI)CC[C@H]2[C@@H]3CCC4=CC(=O)CC[C@]4(C)[C@@]3(Cl)[C@@H](Cl)C[C@@]21C. The zero-order valence-electron chi connectivity index (χ0n) is 18.4. The van der Waals surface area contributed by atoms with Crippen molar-refractivity contribution in [2.75, 3.05) is 4.43 Å². The lowest BCUT2D eigenvalue weighted by Crippen LogP contribution is -2.68. The molecule has 3 saturated carbocycles. The molecule has 4 aliphatic rings. The van der Waals surface area contributed by atoms with Gasteiger partial charge in [-0.2, -0.15) is 0 Å². The number of rotatable bonds is 4. The lowest BCUT2D eigenvalue weighted by Gasteiger charge is -2.65. The third kappa shape index (κ3) is 3.07. The van der Waals surface area contributed by atoms with Crippen molar-refractivity contribution in [3.05, 3.63) is 11.6 Å². The number of ether oxygens (including phenoxy) is 1. The molecule has 0 radical (unpaired) electrons. The molecule has 7 heteroatoms. The molecule has 0 aromatic rings. The summed E-state index contributed by atoms with van der Waals surface area (Å²) in [4.78, 5) is 37.2. The van der Waals surface area contributed by atoms with Crippen molar-refractivity contribution in [2.24, 2.45) is 22.7 Å². The maximum absolute atomic E-state index is 13.3. The first-order valence-corrected chi connectivity index (χ1v) is 13.7. The van der Waals surface area contributed by atoms with Gasteiger partial charge in [0, 0.05) is 23.7 Å². The van der Waals surface area contributed by atoms with Crippen LogP contribution in [-0.2, 0) is 19.1 Å². The zero-order valence-corrected chi connectivity index (χ0v) is 22.1. The van der Waals surface area contributed by atoms with E-state index >= 15 is 0 Å². The van der Waals surface area contributed by atoms with E-state index in [1.54, 1.807) is 6.92 Å². The molecule has 0 bridgehead atoms. The number of carbonyl (C=O) groups excluding carboxylic acids is 3. The molecule has 0 amide bonds. The summed E-state index contributed by atoms with van der Waals surface area (Å²) < 4.78 is 6.33. The summed E-state index contributed by atoms with van der Waals surface area (Å²) in [6.07, 6.45) is 6.80. The summed E-state index contributed by atoms with van der Waals surface area (Å²) >= 11 is 16.8. The molecule has 0 saturated heterocycles. The Kier molecular flexibility index (Phi) is 6.17. The number of halogens is 3. The number of esters is 1. The molecule has 3 fully saturated rings. The zero-order chi connectivity index (χ0) is 22.8. The lowest BCUT2D eigenvalue weighted by molar-refractivity contribution is -0.186. The Morgan fingerprint density at radius 2 is 1.90 bits per heavy atom. The molecule has 4 aliphatic carbocycles. The molecule has 4 nitrogen and oxygen atoms in total. The monoisotopic (exact) mass is 580 g/mol. The highest BCUT2D eigenvalue weighted by molar-refractivity contribution is 14.1. The van der Waals surface area contributed by atoms with Crippen LogP contribution in [0.3, 0.4) is 0 Å². The molecular weight excluding hydrogens is 550 g/mol. The average molecular weight is 581 g/mol. The predicted molar refractivity (Wildman–Crippen MR) is 130 cm³/mol. The van der Waals surface area contributed by atoms with E-state index in [2.05, 4.69) is 36.4 Å². The topological polar surface area (TPSA) is 60.4 Å². The van der Waals surface area contributed by atoms with Gasteiger partial charge in [0.2, 0.25) is 0 Å². The molecule has 31 heavy (non-hydrogen) atoms. The van der Waals surface area contributed by atoms with Gasteiger partial charge >= 0.3 is 5.97 Å². The Balaban J connectivity index is 1.80. The van der Waals surface area contributed by atoms with Gasteiger partial charge in [0.25, 0.3) is 0 Å². The largest absolute Gasteiger partial charge is 0.450 e. The molecule has 0 spiro atoms. The van der Waals surface area contributed by atoms with Gasteiger partial charge in [-0.05, 0) is 56.4 Å². The predicted octanol–water partition coefficient (Wildman–Crippen LogP) is 5.79. The normalized spacial score (nSPS) is 46.5. The highest BCUT2D eigenvalue weighted by Crippen LogP contribution is 2.72. The number of hydrogen-bond donors (Lipinski definition) is 0. The van der Waals surface area contributed by atoms with Crippen molar-refractivity contribution in [3.8, 4) is 0 Å². The van der Waals surface area contributed by atoms with Crippen LogP contribution in [0.5, 0.6) is 0 Å². The highest BCUT2D eigenvalue weighted by atomic mass is 127. The van der Waals surface area contributed by atoms with Crippen molar-refractivity contribution in [3.63, 3.8) is 0 Å². The van der Waals surface area contributed by atoms with Gasteiger partial charge in [-0.1, -0.05) is 48.9 Å². The fraction of sp³-hybridized carbons (Fsp3) is 0.792. The second-order valence-electron chi connectivity index (χ2n) is 10.3. The van der Waals surface area contributed by atoms with Crippen molar-refractivity contribution in [1.29, 1.82) is 0 Å². The van der Waals surface area contributed by atoms with Crippen LogP contribution in [0.2, 0.25) is 0 Å². The first kappa shape index (κ1) is 24.0. The molecule has 0 aliphatic heterocycles. The minimum absolute atomic E-state index is 0.0169. The first-order chi connectivity index (χ1) is 14.5. The summed E-state index contributed by atoms with van der Waals surface area (Å²) in [5, 5.41) is -0.387. The summed E-state index contributed by atoms with van der Waals surface area (Å²) in [7, 11) is 0. The number of hydrogen-bond acceptors (Lipinski definition) is 4. The highest BCUT2D eigenvalue weighted by Gasteiger charge is 2.74. The minimum Gasteiger partial charge on any atom is -0.450 e. The van der Waals surface area contributed by atoms with Crippen LogP contribution in [0.1, 0.15) is 72.1 Å². The van der Waals surface area contributed by atoms with E-state index in [-0.39, 0.29) is 46.6 Å². The van der Waals surface area contributed by atoms with Crippen LogP contribution >= 0.6 is 45.8 Å². The van der Waals surface area contributed by atoms with E-state index in [0.29, 0.717) is 30.1 Å². The molecule has 4 rings (SSSR count). The van der Waals surface area contributed by atoms with Gasteiger partial charge in [-0.25, -0.2) is 0 Å².